The van der Waals surface area contributed by atoms with E-state index in [-0.39, 0.29) is 5.56 Å². The minimum absolute atomic E-state index is 0.287. The molecule has 28 heavy (non-hydrogen) atoms. The highest BCUT2D eigenvalue weighted by Gasteiger charge is 2.19. The molecule has 144 valence electrons. The molecule has 0 aliphatic carbocycles. The van der Waals surface area contributed by atoms with Gasteiger partial charge in [0.2, 0.25) is 12.3 Å². The summed E-state index contributed by atoms with van der Waals surface area (Å²) in [6.07, 6.45) is 0.206. The first-order valence-corrected chi connectivity index (χ1v) is 8.57. The number of rotatable bonds is 6. The highest BCUT2D eigenvalue weighted by molar-refractivity contribution is 6.32. The van der Waals surface area contributed by atoms with Gasteiger partial charge >= 0.3 is 5.97 Å². The number of hydrogen-bond acceptors (Lipinski definition) is 7. The van der Waals surface area contributed by atoms with Gasteiger partial charge in [-0.1, -0.05) is 11.6 Å². The van der Waals surface area contributed by atoms with Crippen LogP contribution in [0.3, 0.4) is 0 Å². The lowest BCUT2D eigenvalue weighted by Crippen LogP contribution is -2.30. The molecule has 3 aromatic rings. The van der Waals surface area contributed by atoms with Gasteiger partial charge in [-0.3, -0.25) is 4.79 Å². The Labute approximate surface area is 165 Å². The first-order valence-electron chi connectivity index (χ1n) is 8.20. The van der Waals surface area contributed by atoms with E-state index in [1.54, 1.807) is 42.5 Å². The maximum atomic E-state index is 12.3. The highest BCUT2D eigenvalue weighted by Crippen LogP contribution is 2.27. The number of hydrogen-bond donors (Lipinski definition) is 1. The Bertz CT molecular complexity index is 974. The van der Waals surface area contributed by atoms with E-state index >= 15 is 0 Å². The molecule has 1 N–H and O–H groups in total. The van der Waals surface area contributed by atoms with Crippen LogP contribution in [0.25, 0.3) is 11.5 Å². The van der Waals surface area contributed by atoms with Gasteiger partial charge < -0.3 is 19.2 Å². The van der Waals surface area contributed by atoms with Crippen molar-refractivity contribution < 1.29 is 23.5 Å². The summed E-state index contributed by atoms with van der Waals surface area (Å²) >= 11 is 6.03. The van der Waals surface area contributed by atoms with Gasteiger partial charge in [-0.15, -0.1) is 10.2 Å². The smallest absolute Gasteiger partial charge is 0.338 e. The monoisotopic (exact) mass is 401 g/mol. The van der Waals surface area contributed by atoms with Gasteiger partial charge in [-0.25, -0.2) is 4.79 Å². The van der Waals surface area contributed by atoms with Crippen LogP contribution >= 0.6 is 11.6 Å². The third-order valence-corrected chi connectivity index (χ3v) is 4.10. The van der Waals surface area contributed by atoms with E-state index in [0.29, 0.717) is 27.9 Å². The van der Waals surface area contributed by atoms with Gasteiger partial charge in [0.05, 0.1) is 17.7 Å². The lowest BCUT2D eigenvalue weighted by atomic mass is 10.1. The Morgan fingerprint density at radius 2 is 1.93 bits per heavy atom. The number of halogens is 1. The van der Waals surface area contributed by atoms with Crippen molar-refractivity contribution in [1.29, 1.82) is 0 Å². The van der Waals surface area contributed by atoms with Gasteiger partial charge in [0.25, 0.3) is 5.91 Å². The molecule has 1 atom stereocenters. The summed E-state index contributed by atoms with van der Waals surface area (Å²) < 4.78 is 15.4. The number of aromatic nitrogens is 2. The van der Waals surface area contributed by atoms with Crippen LogP contribution in [0.15, 0.2) is 53.3 Å². The quantitative estimate of drug-likeness (QED) is 0.629. The number of nitrogens with one attached hydrogen (secondary N) is 1. The molecule has 1 amide bonds. The van der Waals surface area contributed by atoms with Crippen LogP contribution in [0.1, 0.15) is 17.3 Å². The average molecular weight is 402 g/mol. The maximum Gasteiger partial charge on any atom is 0.338 e. The summed E-state index contributed by atoms with van der Waals surface area (Å²) in [5.41, 5.74) is 1.41. The third-order valence-electron chi connectivity index (χ3n) is 3.80. The summed E-state index contributed by atoms with van der Waals surface area (Å²) in [7, 11) is 1.50. The molecule has 1 aromatic heterocycles. The van der Waals surface area contributed by atoms with E-state index in [1.807, 2.05) is 0 Å². The average Bonchev–Trinajstić information content (AvgIpc) is 3.23. The maximum absolute atomic E-state index is 12.3. The second-order valence-corrected chi connectivity index (χ2v) is 6.11. The second-order valence-electron chi connectivity index (χ2n) is 5.71. The predicted molar refractivity (Wildman–Crippen MR) is 101 cm³/mol. The molecular weight excluding hydrogens is 386 g/mol. The van der Waals surface area contributed by atoms with Gasteiger partial charge in [0.15, 0.2) is 6.10 Å². The van der Waals surface area contributed by atoms with E-state index in [4.69, 9.17) is 25.5 Å². The molecule has 0 fully saturated rings. The van der Waals surface area contributed by atoms with Crippen molar-refractivity contribution in [1.82, 2.24) is 10.2 Å². The number of carbonyl (C=O) groups is 2. The first-order chi connectivity index (χ1) is 13.5. The molecule has 0 aliphatic heterocycles. The minimum Gasteiger partial charge on any atom is -0.495 e. The van der Waals surface area contributed by atoms with E-state index < -0.39 is 18.0 Å². The fourth-order valence-corrected chi connectivity index (χ4v) is 2.58. The SMILES string of the molecule is COc1ccc(NC(=O)[C@H](C)OC(=O)c2ccc(-c3nnco3)cc2)cc1Cl. The molecule has 0 unspecified atom stereocenters. The Morgan fingerprint density at radius 3 is 2.54 bits per heavy atom. The topological polar surface area (TPSA) is 104 Å². The van der Waals surface area contributed by atoms with Crippen molar-refractivity contribution in [2.45, 2.75) is 13.0 Å². The molecule has 0 spiro atoms. The van der Waals surface area contributed by atoms with Crippen molar-refractivity contribution in [2.24, 2.45) is 0 Å². The highest BCUT2D eigenvalue weighted by atomic mass is 35.5. The molecule has 0 saturated heterocycles. The molecular formula is C19H16ClN3O5. The zero-order valence-electron chi connectivity index (χ0n) is 15.0. The molecule has 2 aromatic carbocycles. The van der Waals surface area contributed by atoms with Crippen LogP contribution < -0.4 is 10.1 Å². The molecule has 1 heterocycles. The summed E-state index contributed by atoms with van der Waals surface area (Å²) in [6, 6.07) is 11.2. The normalized spacial score (nSPS) is 11.5. The number of methoxy groups -OCH3 is 1. The van der Waals surface area contributed by atoms with Gasteiger partial charge in [0, 0.05) is 11.3 Å². The van der Waals surface area contributed by atoms with E-state index in [2.05, 4.69) is 15.5 Å². The fraction of sp³-hybridized carbons (Fsp3) is 0.158. The zero-order chi connectivity index (χ0) is 20.1. The Hall–Kier alpha value is -3.39. The second kappa shape index (κ2) is 8.53. The van der Waals surface area contributed by atoms with Crippen molar-refractivity contribution in [3.05, 3.63) is 59.4 Å². The Balaban J connectivity index is 1.60. The van der Waals surface area contributed by atoms with Crippen LogP contribution in [0.2, 0.25) is 5.02 Å². The largest absolute Gasteiger partial charge is 0.495 e. The number of benzene rings is 2. The van der Waals surface area contributed by atoms with E-state index in [1.165, 1.54) is 20.4 Å². The summed E-state index contributed by atoms with van der Waals surface area (Å²) in [5.74, 6) is -0.293. The Kier molecular flexibility index (Phi) is 5.90. The molecule has 0 saturated carbocycles. The number of amides is 1. The minimum atomic E-state index is -1.01. The van der Waals surface area contributed by atoms with E-state index in [9.17, 15) is 9.59 Å². The van der Waals surface area contributed by atoms with Crippen LogP contribution in [0.4, 0.5) is 5.69 Å². The number of carbonyl (C=O) groups excluding carboxylic acids is 2. The van der Waals surface area contributed by atoms with Crippen molar-refractivity contribution >= 4 is 29.2 Å². The lowest BCUT2D eigenvalue weighted by molar-refractivity contribution is -0.123. The number of nitrogens with zero attached hydrogens (tertiary/aromatic N) is 2. The summed E-state index contributed by atoms with van der Waals surface area (Å²) in [4.78, 5) is 24.5. The van der Waals surface area contributed by atoms with Crippen LogP contribution in [-0.4, -0.2) is 35.3 Å². The van der Waals surface area contributed by atoms with Gasteiger partial charge in [-0.05, 0) is 49.4 Å². The van der Waals surface area contributed by atoms with Crippen LogP contribution in [-0.2, 0) is 9.53 Å². The van der Waals surface area contributed by atoms with Gasteiger partial charge in [-0.2, -0.15) is 0 Å². The summed E-state index contributed by atoms with van der Waals surface area (Å²) in [6.45, 7) is 1.48. The Morgan fingerprint density at radius 1 is 1.18 bits per heavy atom. The molecule has 0 radical (unpaired) electrons. The first kappa shape index (κ1) is 19.4. The van der Waals surface area contributed by atoms with Crippen LogP contribution in [0.5, 0.6) is 5.75 Å². The van der Waals surface area contributed by atoms with Crippen molar-refractivity contribution in [2.75, 3.05) is 12.4 Å². The summed E-state index contributed by atoms with van der Waals surface area (Å²) in [5, 5.41) is 10.4. The van der Waals surface area contributed by atoms with E-state index in [0.717, 1.165) is 0 Å². The van der Waals surface area contributed by atoms with Crippen molar-refractivity contribution in [3.63, 3.8) is 0 Å². The third kappa shape index (κ3) is 4.47. The fourth-order valence-electron chi connectivity index (χ4n) is 2.32. The lowest BCUT2D eigenvalue weighted by Gasteiger charge is -2.14. The molecule has 9 heteroatoms. The standard InChI is InChI=1S/C19H16ClN3O5/c1-11(17(24)22-14-7-8-16(26-2)15(20)9-14)28-19(25)13-5-3-12(4-6-13)18-23-21-10-27-18/h3-11H,1-2H3,(H,22,24)/t11-/m0/s1. The molecule has 3 rings (SSSR count). The molecule has 0 bridgehead atoms. The van der Waals surface area contributed by atoms with Gasteiger partial charge in [0.1, 0.15) is 5.75 Å². The number of esters is 1. The molecule has 8 nitrogen and oxygen atoms in total. The molecule has 0 aliphatic rings. The predicted octanol–water partition coefficient (Wildman–Crippen LogP) is 3.58. The van der Waals surface area contributed by atoms with Crippen molar-refractivity contribution in [3.8, 4) is 17.2 Å². The number of anilines is 1. The van der Waals surface area contributed by atoms with Crippen LogP contribution in [0, 0.1) is 0 Å². The zero-order valence-corrected chi connectivity index (χ0v) is 15.8. The number of ether oxygens (including phenoxy) is 2.